The highest BCUT2D eigenvalue weighted by molar-refractivity contribution is 5.89. The van der Waals surface area contributed by atoms with E-state index in [1.165, 1.54) is 7.11 Å². The molecule has 0 saturated heterocycles. The van der Waals surface area contributed by atoms with Crippen molar-refractivity contribution in [1.82, 2.24) is 0 Å². The van der Waals surface area contributed by atoms with Crippen molar-refractivity contribution in [1.29, 1.82) is 0 Å². The van der Waals surface area contributed by atoms with Crippen LogP contribution in [-0.2, 0) is 16.0 Å². The fourth-order valence-electron chi connectivity index (χ4n) is 4.47. The number of rotatable bonds is 16. The molecular formula is C31H40O7. The van der Waals surface area contributed by atoms with Crippen LogP contribution in [0, 0.1) is 0 Å². The van der Waals surface area contributed by atoms with E-state index in [1.807, 2.05) is 24.3 Å². The summed E-state index contributed by atoms with van der Waals surface area (Å²) >= 11 is 0. The van der Waals surface area contributed by atoms with Gasteiger partial charge >= 0.3 is 5.97 Å². The van der Waals surface area contributed by atoms with Crippen LogP contribution in [0.4, 0.5) is 0 Å². The lowest BCUT2D eigenvalue weighted by Gasteiger charge is -2.14. The van der Waals surface area contributed by atoms with E-state index in [2.05, 4.69) is 6.92 Å². The van der Waals surface area contributed by atoms with Crippen LogP contribution < -0.4 is 19.6 Å². The number of unbranched alkanes of at least 4 members (excludes halogenated alkanes) is 6. The van der Waals surface area contributed by atoms with Crippen molar-refractivity contribution in [2.45, 2.75) is 71.1 Å². The van der Waals surface area contributed by atoms with E-state index < -0.39 is 0 Å². The number of benzene rings is 2. The Bertz CT molecular complexity index is 1230. The SMILES string of the molecule is CCCCOC(=O)CCCCCCCCc1oc2cc(OC)cc(OC)c2c(=O)c1-c1ccc(OC)cc1. The van der Waals surface area contributed by atoms with Gasteiger partial charge in [0.2, 0.25) is 5.43 Å². The molecule has 38 heavy (non-hydrogen) atoms. The van der Waals surface area contributed by atoms with Crippen molar-refractivity contribution >= 4 is 16.9 Å². The Kier molecular flexibility index (Phi) is 11.5. The number of carbonyl (C=O) groups excluding carboxylic acids is 1. The largest absolute Gasteiger partial charge is 0.497 e. The number of methoxy groups -OCH3 is 3. The predicted molar refractivity (Wildman–Crippen MR) is 149 cm³/mol. The van der Waals surface area contributed by atoms with Gasteiger partial charge in [-0.05, 0) is 37.0 Å². The molecule has 0 amide bonds. The molecule has 1 aromatic heterocycles. The quantitative estimate of drug-likeness (QED) is 0.146. The van der Waals surface area contributed by atoms with Crippen molar-refractivity contribution in [2.75, 3.05) is 27.9 Å². The molecule has 7 heteroatoms. The first-order valence-corrected chi connectivity index (χ1v) is 13.5. The minimum absolute atomic E-state index is 0.0934. The second kappa shape index (κ2) is 15.1. The van der Waals surface area contributed by atoms with Gasteiger partial charge in [-0.25, -0.2) is 0 Å². The van der Waals surface area contributed by atoms with E-state index >= 15 is 0 Å². The lowest BCUT2D eigenvalue weighted by atomic mass is 9.98. The van der Waals surface area contributed by atoms with Crippen molar-refractivity contribution in [3.05, 3.63) is 52.4 Å². The van der Waals surface area contributed by atoms with E-state index in [0.717, 1.165) is 62.7 Å². The molecule has 0 fully saturated rings. The second-order valence-electron chi connectivity index (χ2n) is 9.36. The van der Waals surface area contributed by atoms with Crippen molar-refractivity contribution in [2.24, 2.45) is 0 Å². The highest BCUT2D eigenvalue weighted by Gasteiger charge is 2.20. The molecule has 3 rings (SSSR count). The Morgan fingerprint density at radius 3 is 2.16 bits per heavy atom. The zero-order chi connectivity index (χ0) is 27.3. The second-order valence-corrected chi connectivity index (χ2v) is 9.36. The van der Waals surface area contributed by atoms with Crippen LogP contribution >= 0.6 is 0 Å². The number of fused-ring (bicyclic) bond motifs is 1. The molecule has 0 spiro atoms. The van der Waals surface area contributed by atoms with E-state index in [9.17, 15) is 9.59 Å². The molecule has 0 aliphatic rings. The van der Waals surface area contributed by atoms with Gasteiger partial charge in [-0.3, -0.25) is 9.59 Å². The lowest BCUT2D eigenvalue weighted by Crippen LogP contribution is -2.11. The van der Waals surface area contributed by atoms with Crippen molar-refractivity contribution < 1.29 is 28.2 Å². The summed E-state index contributed by atoms with van der Waals surface area (Å²) in [6.07, 6.45) is 8.94. The van der Waals surface area contributed by atoms with E-state index in [4.69, 9.17) is 23.4 Å². The number of hydrogen-bond acceptors (Lipinski definition) is 7. The number of hydrogen-bond donors (Lipinski definition) is 0. The van der Waals surface area contributed by atoms with E-state index in [0.29, 0.717) is 53.2 Å². The fraction of sp³-hybridized carbons (Fsp3) is 0.484. The van der Waals surface area contributed by atoms with Gasteiger partial charge in [-0.1, -0.05) is 51.2 Å². The summed E-state index contributed by atoms with van der Waals surface area (Å²) in [7, 11) is 4.72. The van der Waals surface area contributed by atoms with E-state index in [-0.39, 0.29) is 11.4 Å². The van der Waals surface area contributed by atoms with Gasteiger partial charge in [0.05, 0.1) is 33.5 Å². The molecule has 0 radical (unpaired) electrons. The zero-order valence-corrected chi connectivity index (χ0v) is 23.1. The minimum atomic E-state index is -0.128. The first kappa shape index (κ1) is 29.1. The van der Waals surface area contributed by atoms with Crippen LogP contribution in [0.5, 0.6) is 17.2 Å². The van der Waals surface area contributed by atoms with Gasteiger partial charge in [-0.2, -0.15) is 0 Å². The van der Waals surface area contributed by atoms with Crippen LogP contribution in [0.25, 0.3) is 22.1 Å². The highest BCUT2D eigenvalue weighted by Crippen LogP contribution is 2.34. The summed E-state index contributed by atoms with van der Waals surface area (Å²) in [6.45, 7) is 2.61. The van der Waals surface area contributed by atoms with Crippen LogP contribution in [0.15, 0.2) is 45.6 Å². The third kappa shape index (κ3) is 7.76. The van der Waals surface area contributed by atoms with Crippen molar-refractivity contribution in [3.8, 4) is 28.4 Å². The normalized spacial score (nSPS) is 10.9. The molecule has 206 valence electrons. The molecule has 2 aromatic carbocycles. The number of ether oxygens (including phenoxy) is 4. The monoisotopic (exact) mass is 524 g/mol. The Balaban J connectivity index is 1.69. The van der Waals surface area contributed by atoms with Crippen molar-refractivity contribution in [3.63, 3.8) is 0 Å². The van der Waals surface area contributed by atoms with Gasteiger partial charge in [0.25, 0.3) is 0 Å². The maximum atomic E-state index is 13.8. The van der Waals surface area contributed by atoms with Gasteiger partial charge < -0.3 is 23.4 Å². The molecule has 3 aromatic rings. The third-order valence-corrected chi connectivity index (χ3v) is 6.64. The Hall–Kier alpha value is -3.48. The fourth-order valence-corrected chi connectivity index (χ4v) is 4.47. The maximum Gasteiger partial charge on any atom is 0.305 e. The molecule has 0 bridgehead atoms. The Morgan fingerprint density at radius 2 is 1.50 bits per heavy atom. The van der Waals surface area contributed by atoms with Crippen LogP contribution in [0.3, 0.4) is 0 Å². The average Bonchev–Trinajstić information content (AvgIpc) is 2.94. The summed E-state index contributed by atoms with van der Waals surface area (Å²) in [4.78, 5) is 25.5. The molecule has 0 N–H and O–H groups in total. The van der Waals surface area contributed by atoms with Gasteiger partial charge in [0.1, 0.15) is 34.0 Å². The summed E-state index contributed by atoms with van der Waals surface area (Å²) in [5, 5.41) is 0.399. The smallest absolute Gasteiger partial charge is 0.305 e. The Morgan fingerprint density at radius 1 is 0.816 bits per heavy atom. The first-order chi connectivity index (χ1) is 18.5. The minimum Gasteiger partial charge on any atom is -0.497 e. The number of carbonyl (C=O) groups is 1. The predicted octanol–water partition coefficient (Wildman–Crippen LogP) is 7.10. The highest BCUT2D eigenvalue weighted by atomic mass is 16.5. The maximum absolute atomic E-state index is 13.8. The molecular weight excluding hydrogens is 484 g/mol. The molecule has 1 heterocycles. The summed E-state index contributed by atoms with van der Waals surface area (Å²) in [5.41, 5.74) is 1.64. The molecule has 0 aliphatic carbocycles. The molecule has 0 aliphatic heterocycles. The number of esters is 1. The first-order valence-electron chi connectivity index (χ1n) is 13.5. The summed E-state index contributed by atoms with van der Waals surface area (Å²) in [5.74, 6) is 2.26. The number of aryl methyl sites for hydroxylation is 1. The standard InChI is InChI=1S/C31H40O7/c1-5-6-19-37-28(32)14-12-10-8-7-9-11-13-25-29(22-15-17-23(34-2)18-16-22)31(33)30-26(36-4)20-24(35-3)21-27(30)38-25/h15-18,20-21H,5-14,19H2,1-4H3. The van der Waals surface area contributed by atoms with Gasteiger partial charge in [0.15, 0.2) is 0 Å². The van der Waals surface area contributed by atoms with Crippen LogP contribution in [0.2, 0.25) is 0 Å². The van der Waals surface area contributed by atoms with Crippen LogP contribution in [-0.4, -0.2) is 33.9 Å². The average molecular weight is 525 g/mol. The molecule has 0 atom stereocenters. The third-order valence-electron chi connectivity index (χ3n) is 6.64. The molecule has 7 nitrogen and oxygen atoms in total. The van der Waals surface area contributed by atoms with Crippen LogP contribution in [0.1, 0.15) is 70.5 Å². The lowest BCUT2D eigenvalue weighted by molar-refractivity contribution is -0.143. The summed E-state index contributed by atoms with van der Waals surface area (Å²) < 4.78 is 27.7. The Labute approximate surface area is 225 Å². The zero-order valence-electron chi connectivity index (χ0n) is 23.1. The summed E-state index contributed by atoms with van der Waals surface area (Å²) in [6, 6.07) is 10.9. The molecule has 0 unspecified atom stereocenters. The topological polar surface area (TPSA) is 84.2 Å². The van der Waals surface area contributed by atoms with E-state index in [1.54, 1.807) is 26.4 Å². The van der Waals surface area contributed by atoms with Gasteiger partial charge in [-0.15, -0.1) is 0 Å². The molecule has 0 saturated carbocycles. The van der Waals surface area contributed by atoms with Gasteiger partial charge in [0, 0.05) is 25.0 Å².